The van der Waals surface area contributed by atoms with Crippen LogP contribution in [0.5, 0.6) is 0 Å². The highest BCUT2D eigenvalue weighted by molar-refractivity contribution is 5.91. The van der Waals surface area contributed by atoms with Crippen molar-refractivity contribution in [2.75, 3.05) is 20.1 Å². The van der Waals surface area contributed by atoms with E-state index in [9.17, 15) is 19.5 Å². The number of hydrogen-bond acceptors (Lipinski definition) is 6. The zero-order valence-electron chi connectivity index (χ0n) is 14.3. The Kier molecular flexibility index (Phi) is 6.68. The van der Waals surface area contributed by atoms with E-state index in [1.807, 2.05) is 6.92 Å². The van der Waals surface area contributed by atoms with Gasteiger partial charge in [0.1, 0.15) is 6.23 Å². The molecule has 4 N–H and O–H groups in total. The van der Waals surface area contributed by atoms with Gasteiger partial charge >= 0.3 is 5.69 Å². The van der Waals surface area contributed by atoms with Gasteiger partial charge in [0.2, 0.25) is 5.91 Å². The molecule has 0 radical (unpaired) electrons. The fourth-order valence-corrected chi connectivity index (χ4v) is 2.62. The van der Waals surface area contributed by atoms with Crippen LogP contribution in [0.2, 0.25) is 0 Å². The molecule has 2 rings (SSSR count). The topological polar surface area (TPSA) is 125 Å². The molecule has 3 atom stereocenters. The number of rotatable bonds is 7. The number of ether oxygens (including phenoxy) is 1. The molecule has 1 amide bonds. The predicted octanol–water partition coefficient (Wildman–Crippen LogP) is -1.06. The molecule has 1 aliphatic heterocycles. The molecule has 1 fully saturated rings. The lowest BCUT2D eigenvalue weighted by atomic mass is 10.1. The molecule has 9 heteroatoms. The van der Waals surface area contributed by atoms with Crippen LogP contribution in [0.15, 0.2) is 21.9 Å². The molecule has 1 saturated heterocycles. The fourth-order valence-electron chi connectivity index (χ4n) is 2.62. The maximum atomic E-state index is 12.0. The molecule has 1 aromatic heterocycles. The van der Waals surface area contributed by atoms with Crippen molar-refractivity contribution in [2.24, 2.45) is 0 Å². The van der Waals surface area contributed by atoms with Crippen molar-refractivity contribution < 1.29 is 14.6 Å². The van der Waals surface area contributed by atoms with E-state index in [4.69, 9.17) is 4.74 Å². The molecule has 25 heavy (non-hydrogen) atoms. The monoisotopic (exact) mass is 352 g/mol. The minimum absolute atomic E-state index is 0.154. The highest BCUT2D eigenvalue weighted by Gasteiger charge is 2.34. The number of nitrogens with one attached hydrogen (secondary N) is 3. The smallest absolute Gasteiger partial charge is 0.330 e. The number of aliphatic hydroxyl groups excluding tert-OH is 1. The first-order valence-corrected chi connectivity index (χ1v) is 8.25. The number of carbonyl (C=O) groups excluding carboxylic acids is 1. The Balaban J connectivity index is 2.17. The van der Waals surface area contributed by atoms with Gasteiger partial charge in [-0.05, 0) is 19.5 Å². The molecule has 0 aliphatic carbocycles. The lowest BCUT2D eigenvalue weighted by Crippen LogP contribution is -2.33. The van der Waals surface area contributed by atoms with Crippen molar-refractivity contribution in [3.05, 3.63) is 38.7 Å². The van der Waals surface area contributed by atoms with Crippen molar-refractivity contribution in [2.45, 2.75) is 38.2 Å². The van der Waals surface area contributed by atoms with Gasteiger partial charge in [-0.15, -0.1) is 0 Å². The molecule has 9 nitrogen and oxygen atoms in total. The van der Waals surface area contributed by atoms with Gasteiger partial charge < -0.3 is 20.5 Å². The van der Waals surface area contributed by atoms with Crippen molar-refractivity contribution in [1.29, 1.82) is 0 Å². The molecule has 2 heterocycles. The summed E-state index contributed by atoms with van der Waals surface area (Å²) in [6.45, 7) is 2.97. The second-order valence-corrected chi connectivity index (χ2v) is 5.82. The Morgan fingerprint density at radius 1 is 1.48 bits per heavy atom. The highest BCUT2D eigenvalue weighted by Crippen LogP contribution is 2.29. The van der Waals surface area contributed by atoms with Gasteiger partial charge in [0, 0.05) is 31.8 Å². The van der Waals surface area contributed by atoms with E-state index in [1.54, 1.807) is 7.05 Å². The van der Waals surface area contributed by atoms with E-state index in [0.29, 0.717) is 19.5 Å². The van der Waals surface area contributed by atoms with Crippen LogP contribution in [0.25, 0.3) is 6.08 Å². The van der Waals surface area contributed by atoms with E-state index in [-0.39, 0.29) is 24.0 Å². The number of amides is 1. The largest absolute Gasteiger partial charge is 0.390 e. The fraction of sp³-hybridized carbons (Fsp3) is 0.562. The van der Waals surface area contributed by atoms with Crippen LogP contribution in [-0.4, -0.2) is 52.9 Å². The van der Waals surface area contributed by atoms with Crippen LogP contribution in [0, 0.1) is 0 Å². The van der Waals surface area contributed by atoms with Crippen LogP contribution >= 0.6 is 0 Å². The van der Waals surface area contributed by atoms with E-state index in [1.165, 1.54) is 22.9 Å². The third-order valence-electron chi connectivity index (χ3n) is 4.00. The molecular weight excluding hydrogens is 328 g/mol. The normalized spacial score (nSPS) is 23.2. The van der Waals surface area contributed by atoms with Gasteiger partial charge in [-0.25, -0.2) is 4.79 Å². The lowest BCUT2D eigenvalue weighted by Gasteiger charge is -2.15. The van der Waals surface area contributed by atoms with Crippen LogP contribution in [0.1, 0.15) is 31.6 Å². The maximum Gasteiger partial charge on any atom is 0.330 e. The molecule has 0 saturated carbocycles. The second-order valence-electron chi connectivity index (χ2n) is 5.82. The lowest BCUT2D eigenvalue weighted by molar-refractivity contribution is -0.116. The molecule has 0 bridgehead atoms. The van der Waals surface area contributed by atoms with Crippen LogP contribution in [-0.2, 0) is 9.53 Å². The number of H-pyrrole nitrogens is 1. The van der Waals surface area contributed by atoms with Crippen LogP contribution in [0.4, 0.5) is 0 Å². The van der Waals surface area contributed by atoms with Crippen molar-refractivity contribution in [3.8, 4) is 0 Å². The molecule has 1 aliphatic rings. The second kappa shape index (κ2) is 8.75. The zero-order valence-corrected chi connectivity index (χ0v) is 14.3. The number of aromatic amines is 1. The summed E-state index contributed by atoms with van der Waals surface area (Å²) in [6.07, 6.45) is 3.13. The van der Waals surface area contributed by atoms with Gasteiger partial charge in [-0.2, -0.15) is 0 Å². The molecular formula is C16H24N4O5. The Labute approximate surface area is 144 Å². The van der Waals surface area contributed by atoms with Gasteiger partial charge in [-0.1, -0.05) is 6.92 Å². The summed E-state index contributed by atoms with van der Waals surface area (Å²) in [7, 11) is 1.77. The van der Waals surface area contributed by atoms with E-state index < -0.39 is 23.6 Å². The standard InChI is InChI=1S/C16H24N4O5/c1-3-12-11(21)8-14(25-12)20-9-10(15(23)19-16(20)24)4-5-13(22)18-7-6-17-2/h4-5,9,11-12,14,17,21H,3,6-8H2,1-2H3,(H,18,22)(H,19,23,24)/b5-4+/t11?,12-,14-/m1/s1. The Morgan fingerprint density at radius 2 is 2.24 bits per heavy atom. The van der Waals surface area contributed by atoms with Gasteiger partial charge in [0.25, 0.3) is 5.56 Å². The number of hydrogen-bond donors (Lipinski definition) is 4. The first-order chi connectivity index (χ1) is 12.0. The van der Waals surface area contributed by atoms with Gasteiger partial charge in [-0.3, -0.25) is 19.1 Å². The first-order valence-electron chi connectivity index (χ1n) is 8.25. The highest BCUT2D eigenvalue weighted by atomic mass is 16.5. The molecule has 1 aromatic rings. The number of carbonyl (C=O) groups is 1. The van der Waals surface area contributed by atoms with Crippen molar-refractivity contribution >= 4 is 12.0 Å². The molecule has 0 spiro atoms. The summed E-state index contributed by atoms with van der Waals surface area (Å²) >= 11 is 0. The minimum Gasteiger partial charge on any atom is -0.390 e. The number of nitrogens with zero attached hydrogens (tertiary/aromatic N) is 1. The summed E-state index contributed by atoms with van der Waals surface area (Å²) in [5.41, 5.74) is -1.05. The summed E-state index contributed by atoms with van der Waals surface area (Å²) in [4.78, 5) is 37.8. The van der Waals surface area contributed by atoms with Gasteiger partial charge in [0.05, 0.1) is 17.8 Å². The summed E-state index contributed by atoms with van der Waals surface area (Å²) < 4.78 is 6.89. The quantitative estimate of drug-likeness (QED) is 0.366. The predicted molar refractivity (Wildman–Crippen MR) is 92.1 cm³/mol. The Morgan fingerprint density at radius 3 is 2.88 bits per heavy atom. The van der Waals surface area contributed by atoms with Crippen molar-refractivity contribution in [1.82, 2.24) is 20.2 Å². The summed E-state index contributed by atoms with van der Waals surface area (Å²) in [6, 6.07) is 0. The number of aromatic nitrogens is 2. The van der Waals surface area contributed by atoms with Crippen LogP contribution in [0.3, 0.4) is 0 Å². The zero-order chi connectivity index (χ0) is 18.4. The summed E-state index contributed by atoms with van der Waals surface area (Å²) in [5, 5.41) is 15.5. The van der Waals surface area contributed by atoms with E-state index >= 15 is 0 Å². The maximum absolute atomic E-state index is 12.0. The number of aliphatic hydroxyl groups is 1. The molecule has 138 valence electrons. The first kappa shape index (κ1) is 19.1. The Bertz CT molecular complexity index is 739. The van der Waals surface area contributed by atoms with Crippen LogP contribution < -0.4 is 21.9 Å². The minimum atomic E-state index is -0.661. The molecule has 1 unspecified atom stereocenters. The van der Waals surface area contributed by atoms with Gasteiger partial charge in [0.15, 0.2) is 0 Å². The average molecular weight is 352 g/mol. The number of likely N-dealkylation sites (N-methyl/N-ethyl adjacent to an activating group) is 1. The average Bonchev–Trinajstić information content (AvgIpc) is 2.95. The third-order valence-corrected chi connectivity index (χ3v) is 4.00. The summed E-state index contributed by atoms with van der Waals surface area (Å²) in [5.74, 6) is -0.342. The SMILES string of the molecule is CC[C@H]1O[C@@H](n2cc(/C=C/C(=O)NCCNC)c(=O)[nH]c2=O)CC1O. The molecule has 0 aromatic carbocycles. The third kappa shape index (κ3) is 4.88. The Hall–Kier alpha value is -2.23. The van der Waals surface area contributed by atoms with Crippen molar-refractivity contribution in [3.63, 3.8) is 0 Å². The van der Waals surface area contributed by atoms with E-state index in [2.05, 4.69) is 15.6 Å². The van der Waals surface area contributed by atoms with E-state index in [0.717, 1.165) is 0 Å².